The lowest BCUT2D eigenvalue weighted by Crippen LogP contribution is -2.12. The second-order valence-electron chi connectivity index (χ2n) is 3.68. The Bertz CT molecular complexity index is 700. The van der Waals surface area contributed by atoms with Gasteiger partial charge in [0.2, 0.25) is 0 Å². The number of hydrogen-bond donors (Lipinski definition) is 2. The molecule has 1 aromatic carbocycles. The molecule has 2 aromatic rings. The Labute approximate surface area is 119 Å². The van der Waals surface area contributed by atoms with Crippen molar-refractivity contribution in [2.75, 3.05) is 4.72 Å². The van der Waals surface area contributed by atoms with Crippen molar-refractivity contribution in [3.8, 4) is 0 Å². The standard InChI is InChI=1S/C11H10ClFN2O2S2/c12-10-3-7(13)1-2-11(10)15-19(16,17)9-4-8(5-14)18-6-9/h1-4,6,15H,5,14H2. The second-order valence-corrected chi connectivity index (χ2v) is 6.77. The van der Waals surface area contributed by atoms with Crippen molar-refractivity contribution in [3.63, 3.8) is 0 Å². The summed E-state index contributed by atoms with van der Waals surface area (Å²) < 4.78 is 39.3. The fourth-order valence-corrected chi connectivity index (χ4v) is 3.89. The summed E-state index contributed by atoms with van der Waals surface area (Å²) in [5.41, 5.74) is 5.56. The maximum atomic E-state index is 12.9. The molecule has 8 heteroatoms. The number of nitrogens with two attached hydrogens (primary N) is 1. The van der Waals surface area contributed by atoms with Crippen molar-refractivity contribution >= 4 is 38.6 Å². The molecule has 3 N–H and O–H groups in total. The summed E-state index contributed by atoms with van der Waals surface area (Å²) in [6.07, 6.45) is 0. The quantitative estimate of drug-likeness (QED) is 0.910. The molecule has 0 atom stereocenters. The maximum Gasteiger partial charge on any atom is 0.262 e. The third kappa shape index (κ3) is 3.24. The predicted octanol–water partition coefficient (Wildman–Crippen LogP) is 2.80. The Hall–Kier alpha value is -1.15. The van der Waals surface area contributed by atoms with E-state index in [0.717, 1.165) is 17.0 Å². The minimum atomic E-state index is -3.74. The second kappa shape index (κ2) is 5.46. The van der Waals surface area contributed by atoms with E-state index in [1.165, 1.54) is 28.8 Å². The Balaban J connectivity index is 2.30. The average Bonchev–Trinajstić information content (AvgIpc) is 2.82. The maximum absolute atomic E-state index is 12.9. The first-order valence-corrected chi connectivity index (χ1v) is 7.92. The highest BCUT2D eigenvalue weighted by molar-refractivity contribution is 7.92. The summed E-state index contributed by atoms with van der Waals surface area (Å²) in [6.45, 7) is 0.275. The zero-order valence-electron chi connectivity index (χ0n) is 9.56. The minimum absolute atomic E-state index is 0.00199. The van der Waals surface area contributed by atoms with Gasteiger partial charge in [0.1, 0.15) is 5.82 Å². The lowest BCUT2D eigenvalue weighted by molar-refractivity contribution is 0.601. The molecule has 0 saturated carbocycles. The van der Waals surface area contributed by atoms with Crippen molar-refractivity contribution in [3.05, 3.63) is 45.4 Å². The van der Waals surface area contributed by atoms with E-state index in [1.54, 1.807) is 0 Å². The zero-order chi connectivity index (χ0) is 14.0. The average molecular weight is 321 g/mol. The van der Waals surface area contributed by atoms with Crippen LogP contribution in [0.25, 0.3) is 0 Å². The first-order chi connectivity index (χ1) is 8.92. The summed E-state index contributed by atoms with van der Waals surface area (Å²) in [6, 6.07) is 4.93. The molecule has 0 spiro atoms. The van der Waals surface area contributed by atoms with Crippen LogP contribution in [0.3, 0.4) is 0 Å². The number of halogens is 2. The molecular formula is C11H10ClFN2O2S2. The van der Waals surface area contributed by atoms with Gasteiger partial charge in [0, 0.05) is 16.8 Å². The lowest BCUT2D eigenvalue weighted by Gasteiger charge is -2.08. The molecule has 0 unspecified atom stereocenters. The van der Waals surface area contributed by atoms with E-state index in [9.17, 15) is 12.8 Å². The summed E-state index contributed by atoms with van der Waals surface area (Å²) in [5, 5.41) is 1.49. The van der Waals surface area contributed by atoms with E-state index in [-0.39, 0.29) is 22.2 Å². The summed E-state index contributed by atoms with van der Waals surface area (Å²) in [7, 11) is -3.74. The number of thiophene rings is 1. The molecule has 4 nitrogen and oxygen atoms in total. The van der Waals surface area contributed by atoms with Crippen molar-refractivity contribution in [2.45, 2.75) is 11.4 Å². The lowest BCUT2D eigenvalue weighted by atomic mass is 10.3. The fourth-order valence-electron chi connectivity index (χ4n) is 1.38. The summed E-state index contributed by atoms with van der Waals surface area (Å²) in [5.74, 6) is -0.533. The topological polar surface area (TPSA) is 72.2 Å². The molecule has 0 radical (unpaired) electrons. The Morgan fingerprint density at radius 2 is 2.11 bits per heavy atom. The van der Waals surface area contributed by atoms with Gasteiger partial charge in [0.25, 0.3) is 10.0 Å². The number of rotatable bonds is 4. The molecule has 0 aliphatic carbocycles. The van der Waals surface area contributed by atoms with Crippen LogP contribution in [0.1, 0.15) is 4.88 Å². The molecule has 0 aliphatic rings. The van der Waals surface area contributed by atoms with E-state index >= 15 is 0 Å². The van der Waals surface area contributed by atoms with Gasteiger partial charge < -0.3 is 5.73 Å². The molecule has 0 bridgehead atoms. The molecule has 19 heavy (non-hydrogen) atoms. The molecule has 0 amide bonds. The fraction of sp³-hybridized carbons (Fsp3) is 0.0909. The van der Waals surface area contributed by atoms with Gasteiger partial charge in [-0.1, -0.05) is 11.6 Å². The molecule has 2 rings (SSSR count). The third-order valence-corrected chi connectivity index (χ3v) is 5.08. The van der Waals surface area contributed by atoms with Gasteiger partial charge in [-0.05, 0) is 24.3 Å². The number of hydrogen-bond acceptors (Lipinski definition) is 4. The SMILES string of the molecule is NCc1cc(S(=O)(=O)Nc2ccc(F)cc2Cl)cs1. The van der Waals surface area contributed by atoms with E-state index < -0.39 is 15.8 Å². The van der Waals surface area contributed by atoms with Crippen LogP contribution in [0.15, 0.2) is 34.5 Å². The first kappa shape index (κ1) is 14.3. The van der Waals surface area contributed by atoms with Crippen LogP contribution in [0.4, 0.5) is 10.1 Å². The van der Waals surface area contributed by atoms with Crippen LogP contribution >= 0.6 is 22.9 Å². The largest absolute Gasteiger partial charge is 0.326 e. The molecule has 1 aromatic heterocycles. The highest BCUT2D eigenvalue weighted by Crippen LogP contribution is 2.26. The Morgan fingerprint density at radius 1 is 1.37 bits per heavy atom. The van der Waals surface area contributed by atoms with Crippen molar-refractivity contribution in [2.24, 2.45) is 5.73 Å². The molecule has 1 heterocycles. The smallest absolute Gasteiger partial charge is 0.262 e. The van der Waals surface area contributed by atoms with Crippen LogP contribution in [0.2, 0.25) is 5.02 Å². The van der Waals surface area contributed by atoms with Crippen LogP contribution < -0.4 is 10.5 Å². The van der Waals surface area contributed by atoms with E-state index in [1.807, 2.05) is 0 Å². The number of sulfonamides is 1. The molecule has 0 saturated heterocycles. The summed E-state index contributed by atoms with van der Waals surface area (Å²) >= 11 is 7.03. The van der Waals surface area contributed by atoms with Crippen LogP contribution in [0, 0.1) is 5.82 Å². The number of nitrogens with one attached hydrogen (secondary N) is 1. The minimum Gasteiger partial charge on any atom is -0.326 e. The van der Waals surface area contributed by atoms with Gasteiger partial charge in [-0.3, -0.25) is 4.72 Å². The summed E-state index contributed by atoms with van der Waals surface area (Å²) in [4.78, 5) is 0.865. The highest BCUT2D eigenvalue weighted by atomic mass is 35.5. The third-order valence-electron chi connectivity index (χ3n) is 2.32. The van der Waals surface area contributed by atoms with E-state index in [4.69, 9.17) is 17.3 Å². The molecule has 102 valence electrons. The number of benzene rings is 1. The van der Waals surface area contributed by atoms with Gasteiger partial charge in [-0.15, -0.1) is 11.3 Å². The van der Waals surface area contributed by atoms with Crippen molar-refractivity contribution < 1.29 is 12.8 Å². The predicted molar refractivity (Wildman–Crippen MR) is 74.4 cm³/mol. The Kier molecular flexibility index (Phi) is 4.10. The van der Waals surface area contributed by atoms with Crippen LogP contribution in [0.5, 0.6) is 0 Å². The zero-order valence-corrected chi connectivity index (χ0v) is 11.9. The van der Waals surface area contributed by atoms with E-state index in [2.05, 4.69) is 4.72 Å². The van der Waals surface area contributed by atoms with E-state index in [0.29, 0.717) is 0 Å². The van der Waals surface area contributed by atoms with Gasteiger partial charge in [-0.2, -0.15) is 0 Å². The normalized spacial score (nSPS) is 11.5. The molecule has 0 aliphatic heterocycles. The molecule has 0 fully saturated rings. The van der Waals surface area contributed by atoms with Gasteiger partial charge in [-0.25, -0.2) is 12.8 Å². The van der Waals surface area contributed by atoms with Gasteiger partial charge in [0.05, 0.1) is 15.6 Å². The molecular weight excluding hydrogens is 311 g/mol. The van der Waals surface area contributed by atoms with Crippen LogP contribution in [-0.4, -0.2) is 8.42 Å². The van der Waals surface area contributed by atoms with Crippen molar-refractivity contribution in [1.82, 2.24) is 0 Å². The Morgan fingerprint density at radius 3 is 2.68 bits per heavy atom. The number of anilines is 1. The monoisotopic (exact) mass is 320 g/mol. The van der Waals surface area contributed by atoms with Gasteiger partial charge >= 0.3 is 0 Å². The first-order valence-electron chi connectivity index (χ1n) is 5.18. The highest BCUT2D eigenvalue weighted by Gasteiger charge is 2.17. The van der Waals surface area contributed by atoms with Crippen molar-refractivity contribution in [1.29, 1.82) is 0 Å². The van der Waals surface area contributed by atoms with Crippen LogP contribution in [-0.2, 0) is 16.6 Å². The van der Waals surface area contributed by atoms with Gasteiger partial charge in [0.15, 0.2) is 0 Å².